The number of hydrogen-bond donors (Lipinski definition) is 2. The van der Waals surface area contributed by atoms with Crippen LogP contribution in [0.25, 0.3) is 11.0 Å². The fourth-order valence-electron chi connectivity index (χ4n) is 4.60. The van der Waals surface area contributed by atoms with Crippen LogP contribution < -0.4 is 14.2 Å². The van der Waals surface area contributed by atoms with Gasteiger partial charge in [0, 0.05) is 31.0 Å². The molecule has 3 rings (SSSR count). The fourth-order valence-corrected chi connectivity index (χ4v) is 5.14. The zero-order valence-electron chi connectivity index (χ0n) is 24.4. The van der Waals surface area contributed by atoms with E-state index in [2.05, 4.69) is 35.1 Å². The molecule has 3 aromatic rings. The molecule has 8 nitrogen and oxygen atoms in total. The summed E-state index contributed by atoms with van der Waals surface area (Å²) in [4.78, 5) is 16.2. The second-order valence-electron chi connectivity index (χ2n) is 10.1. The summed E-state index contributed by atoms with van der Waals surface area (Å²) in [5, 5.41) is 0.587. The molecular weight excluding hydrogens is 526 g/mol. The zero-order chi connectivity index (χ0) is 29.0. The predicted octanol–water partition coefficient (Wildman–Crippen LogP) is 6.55. The number of ketones is 1. The molecule has 1 aromatic heterocycles. The van der Waals surface area contributed by atoms with E-state index >= 15 is 0 Å². The van der Waals surface area contributed by atoms with Gasteiger partial charge in [0.2, 0.25) is 0 Å². The number of nitrogens with zero attached hydrogens (tertiary/aromatic N) is 1. The summed E-state index contributed by atoms with van der Waals surface area (Å²) in [6.45, 7) is 10.5. The molecule has 40 heavy (non-hydrogen) atoms. The molecule has 9 heteroatoms. The van der Waals surface area contributed by atoms with Crippen molar-refractivity contribution in [3.05, 3.63) is 59.4 Å². The zero-order valence-corrected chi connectivity index (χ0v) is 25.2. The molecule has 0 spiro atoms. The number of hydrogen-bond acceptors (Lipinski definition) is 6. The number of benzene rings is 2. The summed E-state index contributed by atoms with van der Waals surface area (Å²) in [6.07, 6.45) is 8.26. The highest BCUT2D eigenvalue weighted by atomic mass is 32.2. The van der Waals surface area contributed by atoms with E-state index in [1.165, 1.54) is 32.7 Å². The first-order valence-electron chi connectivity index (χ1n) is 14.6. The second kappa shape index (κ2) is 15.8. The number of furan rings is 1. The molecule has 0 radical (unpaired) electrons. The van der Waals surface area contributed by atoms with Crippen LogP contribution in [0, 0.1) is 0 Å². The minimum atomic E-state index is -3.69. The summed E-state index contributed by atoms with van der Waals surface area (Å²) >= 11 is 0. The minimum absolute atomic E-state index is 0.160. The average Bonchev–Trinajstić information content (AvgIpc) is 3.32. The highest BCUT2D eigenvalue weighted by molar-refractivity contribution is 7.90. The standard InChI is InChI=1S/C31H45N3O5S/c1-5-8-12-29-30(27-23-25(15-18-28(27)39-29)33-40(36,37)32-4)31(35)24-13-16-26(17-14-24)38-22-11-21-34(19-9-6-2)20-10-7-3/h13-18,23,32-33H,5-12,19-22H2,1-4H3. The number of fused-ring (bicyclic) bond motifs is 1. The summed E-state index contributed by atoms with van der Waals surface area (Å²) in [5.74, 6) is 1.19. The highest BCUT2D eigenvalue weighted by Crippen LogP contribution is 2.32. The van der Waals surface area contributed by atoms with Gasteiger partial charge in [-0.2, -0.15) is 8.42 Å². The third-order valence-electron chi connectivity index (χ3n) is 6.93. The lowest BCUT2D eigenvalue weighted by Crippen LogP contribution is -2.28. The van der Waals surface area contributed by atoms with Gasteiger partial charge in [0.25, 0.3) is 10.2 Å². The van der Waals surface area contributed by atoms with Crippen molar-refractivity contribution < 1.29 is 22.4 Å². The maximum absolute atomic E-state index is 13.7. The molecule has 0 amide bonds. The summed E-state index contributed by atoms with van der Waals surface area (Å²) in [5.41, 5.74) is 1.90. The van der Waals surface area contributed by atoms with Crippen LogP contribution >= 0.6 is 0 Å². The number of rotatable bonds is 19. The topological polar surface area (TPSA) is 101 Å². The van der Waals surface area contributed by atoms with Gasteiger partial charge in [0.1, 0.15) is 17.1 Å². The number of ether oxygens (including phenoxy) is 1. The Balaban J connectivity index is 1.73. The van der Waals surface area contributed by atoms with Crippen LogP contribution in [0.2, 0.25) is 0 Å². The number of carbonyl (C=O) groups excluding carboxylic acids is 1. The fraction of sp³-hybridized carbons (Fsp3) is 0.516. The maximum Gasteiger partial charge on any atom is 0.298 e. The molecular formula is C31H45N3O5S. The first-order chi connectivity index (χ1) is 19.3. The third kappa shape index (κ3) is 9.08. The van der Waals surface area contributed by atoms with Gasteiger partial charge in [-0.1, -0.05) is 40.0 Å². The van der Waals surface area contributed by atoms with Crippen molar-refractivity contribution >= 4 is 32.6 Å². The van der Waals surface area contributed by atoms with Gasteiger partial charge in [-0.3, -0.25) is 9.52 Å². The molecule has 0 saturated heterocycles. The summed E-state index contributed by atoms with van der Waals surface area (Å²) < 4.78 is 40.8. The first kappa shape index (κ1) is 31.6. The molecule has 0 fully saturated rings. The van der Waals surface area contributed by atoms with Crippen molar-refractivity contribution in [2.75, 3.05) is 38.0 Å². The van der Waals surface area contributed by atoms with E-state index in [-0.39, 0.29) is 5.78 Å². The number of nitrogens with one attached hydrogen (secondary N) is 2. The summed E-state index contributed by atoms with van der Waals surface area (Å²) in [6, 6.07) is 12.2. The monoisotopic (exact) mass is 571 g/mol. The predicted molar refractivity (Wildman–Crippen MR) is 163 cm³/mol. The average molecular weight is 572 g/mol. The summed E-state index contributed by atoms with van der Waals surface area (Å²) in [7, 11) is -2.36. The van der Waals surface area contributed by atoms with Crippen LogP contribution in [0.4, 0.5) is 5.69 Å². The van der Waals surface area contributed by atoms with Crippen molar-refractivity contribution in [1.82, 2.24) is 9.62 Å². The Morgan fingerprint density at radius 3 is 2.17 bits per heavy atom. The quantitative estimate of drug-likeness (QED) is 0.125. The van der Waals surface area contributed by atoms with E-state index < -0.39 is 10.2 Å². The molecule has 0 aliphatic carbocycles. The maximum atomic E-state index is 13.7. The van der Waals surface area contributed by atoms with Crippen molar-refractivity contribution in [1.29, 1.82) is 0 Å². The molecule has 2 aromatic carbocycles. The Labute approximate surface area is 239 Å². The molecule has 0 saturated carbocycles. The van der Waals surface area contributed by atoms with E-state index in [4.69, 9.17) is 9.15 Å². The van der Waals surface area contributed by atoms with E-state index in [0.717, 1.165) is 44.6 Å². The van der Waals surface area contributed by atoms with Crippen LogP contribution in [-0.2, 0) is 16.6 Å². The Kier molecular flexibility index (Phi) is 12.5. The van der Waals surface area contributed by atoms with Crippen LogP contribution in [0.1, 0.15) is 87.4 Å². The molecule has 2 N–H and O–H groups in total. The van der Waals surface area contributed by atoms with Crippen molar-refractivity contribution in [2.45, 2.75) is 72.1 Å². The SMILES string of the molecule is CCCCc1oc2ccc(NS(=O)(=O)NC)cc2c1C(=O)c1ccc(OCCCN(CCCC)CCCC)cc1. The Morgan fingerprint density at radius 1 is 0.900 bits per heavy atom. The Hall–Kier alpha value is -2.88. The highest BCUT2D eigenvalue weighted by Gasteiger charge is 2.23. The lowest BCUT2D eigenvalue weighted by molar-refractivity contribution is 0.103. The van der Waals surface area contributed by atoms with Crippen molar-refractivity contribution in [3.8, 4) is 5.75 Å². The van der Waals surface area contributed by atoms with Gasteiger partial charge in [0.05, 0.1) is 17.9 Å². The smallest absolute Gasteiger partial charge is 0.298 e. The molecule has 0 unspecified atom stereocenters. The van der Waals surface area contributed by atoms with Crippen molar-refractivity contribution in [2.24, 2.45) is 0 Å². The molecule has 220 valence electrons. The van der Waals surface area contributed by atoms with Gasteiger partial charge < -0.3 is 14.1 Å². The van der Waals surface area contributed by atoms with Crippen molar-refractivity contribution in [3.63, 3.8) is 0 Å². The number of anilines is 1. The van der Waals surface area contributed by atoms with E-state index in [1.54, 1.807) is 30.3 Å². The number of aryl methyl sites for hydroxylation is 1. The van der Waals surface area contributed by atoms with Crippen LogP contribution in [0.3, 0.4) is 0 Å². The van der Waals surface area contributed by atoms with Crippen LogP contribution in [0.5, 0.6) is 5.75 Å². The molecule has 0 bridgehead atoms. The number of unbranched alkanes of at least 4 members (excludes halogenated alkanes) is 3. The van der Waals surface area contributed by atoms with E-state index in [9.17, 15) is 13.2 Å². The van der Waals surface area contributed by atoms with E-state index in [1.807, 2.05) is 12.1 Å². The van der Waals surface area contributed by atoms with Gasteiger partial charge in [-0.05, 0) is 81.2 Å². The third-order valence-corrected chi connectivity index (χ3v) is 7.97. The largest absolute Gasteiger partial charge is 0.494 e. The van der Waals surface area contributed by atoms with Gasteiger partial charge in [-0.25, -0.2) is 4.72 Å². The Morgan fingerprint density at radius 2 is 1.55 bits per heavy atom. The van der Waals surface area contributed by atoms with Crippen LogP contribution in [-0.4, -0.2) is 52.4 Å². The molecule has 0 atom stereocenters. The minimum Gasteiger partial charge on any atom is -0.494 e. The van der Waals surface area contributed by atoms with Gasteiger partial charge in [0.15, 0.2) is 5.78 Å². The van der Waals surface area contributed by atoms with Gasteiger partial charge in [-0.15, -0.1) is 0 Å². The molecule has 0 aliphatic rings. The molecule has 0 aliphatic heterocycles. The second-order valence-corrected chi connectivity index (χ2v) is 11.7. The van der Waals surface area contributed by atoms with Crippen LogP contribution in [0.15, 0.2) is 46.9 Å². The van der Waals surface area contributed by atoms with Gasteiger partial charge >= 0.3 is 0 Å². The first-order valence-corrected chi connectivity index (χ1v) is 16.1. The number of carbonyl (C=O) groups is 1. The normalized spacial score (nSPS) is 11.8. The lowest BCUT2D eigenvalue weighted by atomic mass is 9.98. The lowest BCUT2D eigenvalue weighted by Gasteiger charge is -2.21. The Bertz CT molecular complexity index is 1310. The molecule has 1 heterocycles. The van der Waals surface area contributed by atoms with E-state index in [0.29, 0.717) is 46.6 Å².